The molecule has 0 aromatic heterocycles. The average molecular weight is 563 g/mol. The van der Waals surface area contributed by atoms with Crippen LogP contribution in [0.2, 0.25) is 0 Å². The van der Waals surface area contributed by atoms with Crippen LogP contribution in [0.1, 0.15) is 52.8 Å². The fourth-order valence-electron chi connectivity index (χ4n) is 2.41. The predicted molar refractivity (Wildman–Crippen MR) is 93.9 cm³/mol. The number of carboxylic acids is 1. The first-order valence-electron chi connectivity index (χ1n) is 6.62. The number of carboxylic acid groups (broad SMARTS) is 1. The minimum atomic E-state index is -1.45. The van der Waals surface area contributed by atoms with E-state index in [0.29, 0.717) is 13.4 Å². The second-order valence-corrected chi connectivity index (χ2v) is 8.13. The van der Waals surface area contributed by atoms with E-state index in [1.165, 1.54) is 0 Å². The Kier molecular flexibility index (Phi) is 6.50. The van der Waals surface area contributed by atoms with Gasteiger partial charge in [0.25, 0.3) is 0 Å². The Hall–Kier alpha value is 0.0800. The minimum absolute atomic E-state index is 0.0486. The molecule has 0 saturated heterocycles. The zero-order valence-corrected chi connectivity index (χ0v) is 17.6. The van der Waals surface area contributed by atoms with Gasteiger partial charge in [0.1, 0.15) is 6.10 Å². The molecule has 1 fully saturated rings. The van der Waals surface area contributed by atoms with E-state index in [1.807, 2.05) is 0 Å². The summed E-state index contributed by atoms with van der Waals surface area (Å²) >= 11 is 13.0. The van der Waals surface area contributed by atoms with Gasteiger partial charge in [-0.15, -0.1) is 0 Å². The maximum absolute atomic E-state index is 12.5. The van der Waals surface area contributed by atoms with Crippen LogP contribution in [0.4, 0.5) is 0 Å². The second kappa shape index (κ2) is 7.77. The lowest BCUT2D eigenvalue weighted by Crippen LogP contribution is -2.28. The number of rotatable bonds is 3. The second-order valence-electron chi connectivity index (χ2n) is 4.96. The largest absolute Gasteiger partial charge is 0.545 e. The molecule has 120 valence electrons. The fraction of sp³-hybridized carbons (Fsp3) is 0.429. The van der Waals surface area contributed by atoms with Crippen molar-refractivity contribution in [2.24, 2.45) is 0 Å². The molecule has 2 rings (SSSR count). The maximum atomic E-state index is 12.5. The van der Waals surface area contributed by atoms with Crippen molar-refractivity contribution in [3.63, 3.8) is 0 Å². The number of hydrogen-bond donors (Lipinski definition) is 0. The fourth-order valence-corrected chi connectivity index (χ4v) is 4.85. The summed E-state index contributed by atoms with van der Waals surface area (Å²) < 4.78 is 7.05. The van der Waals surface area contributed by atoms with Gasteiger partial charge in [-0.3, -0.25) is 0 Å². The van der Waals surface area contributed by atoms with Crippen LogP contribution in [0.15, 0.2) is 17.9 Å². The Morgan fingerprint density at radius 1 is 0.864 bits per heavy atom. The zero-order chi connectivity index (χ0) is 16.4. The molecule has 1 aliphatic carbocycles. The summed E-state index contributed by atoms with van der Waals surface area (Å²) in [5.41, 5.74) is -0.282. The molecule has 1 aromatic carbocycles. The van der Waals surface area contributed by atoms with E-state index in [9.17, 15) is 14.7 Å². The summed E-state index contributed by atoms with van der Waals surface area (Å²) in [7, 11) is 0. The topological polar surface area (TPSA) is 66.4 Å². The normalized spacial score (nSPS) is 15.6. The molecule has 0 atom stereocenters. The molecule has 22 heavy (non-hydrogen) atoms. The molecule has 0 N–H and O–H groups in total. The lowest BCUT2D eigenvalue weighted by Gasteiger charge is -2.23. The third kappa shape index (κ3) is 3.76. The maximum Gasteiger partial charge on any atom is 0.340 e. The average Bonchev–Trinajstić information content (AvgIpc) is 2.49. The van der Waals surface area contributed by atoms with Crippen molar-refractivity contribution in [1.82, 2.24) is 0 Å². The molecule has 0 radical (unpaired) electrons. The van der Waals surface area contributed by atoms with E-state index in [1.54, 1.807) is 0 Å². The molecule has 0 bridgehead atoms. The van der Waals surface area contributed by atoms with E-state index >= 15 is 0 Å². The molecular weight excluding hydrogens is 552 g/mol. The number of hydrogen-bond acceptors (Lipinski definition) is 4. The molecule has 0 unspecified atom stereocenters. The lowest BCUT2D eigenvalue weighted by atomic mass is 9.97. The molecule has 0 spiro atoms. The van der Waals surface area contributed by atoms with E-state index in [0.717, 1.165) is 32.1 Å². The quantitative estimate of drug-likeness (QED) is 0.307. The van der Waals surface area contributed by atoms with Crippen molar-refractivity contribution in [2.75, 3.05) is 0 Å². The molecule has 1 saturated carbocycles. The molecule has 4 nitrogen and oxygen atoms in total. The number of aromatic carboxylic acids is 1. The molecule has 0 amide bonds. The number of carbonyl (C=O) groups is 2. The first-order chi connectivity index (χ1) is 10.3. The first kappa shape index (κ1) is 18.4. The highest BCUT2D eigenvalue weighted by atomic mass is 79.9. The van der Waals surface area contributed by atoms with Gasteiger partial charge in [0.2, 0.25) is 0 Å². The van der Waals surface area contributed by atoms with Gasteiger partial charge in [0.15, 0.2) is 0 Å². The highest BCUT2D eigenvalue weighted by molar-refractivity contribution is 9.15. The van der Waals surface area contributed by atoms with Crippen LogP contribution >= 0.6 is 63.7 Å². The van der Waals surface area contributed by atoms with Gasteiger partial charge in [-0.2, -0.15) is 0 Å². The summed E-state index contributed by atoms with van der Waals surface area (Å²) in [6.45, 7) is 0. The van der Waals surface area contributed by atoms with E-state index < -0.39 is 11.9 Å². The van der Waals surface area contributed by atoms with Gasteiger partial charge in [-0.1, -0.05) is 6.42 Å². The summed E-state index contributed by atoms with van der Waals surface area (Å²) in [5.74, 6) is -2.11. The number of esters is 1. The van der Waals surface area contributed by atoms with Crippen LogP contribution in [0.5, 0.6) is 0 Å². The van der Waals surface area contributed by atoms with Crippen molar-refractivity contribution in [1.29, 1.82) is 0 Å². The van der Waals surface area contributed by atoms with Crippen LogP contribution in [0.25, 0.3) is 0 Å². The van der Waals surface area contributed by atoms with E-state index in [4.69, 9.17) is 4.74 Å². The van der Waals surface area contributed by atoms with Gasteiger partial charge < -0.3 is 14.6 Å². The lowest BCUT2D eigenvalue weighted by molar-refractivity contribution is -0.255. The summed E-state index contributed by atoms with van der Waals surface area (Å²) in [6.07, 6.45) is 4.62. The van der Waals surface area contributed by atoms with Crippen molar-refractivity contribution >= 4 is 75.7 Å². The van der Waals surface area contributed by atoms with Crippen molar-refractivity contribution in [2.45, 2.75) is 38.2 Å². The first-order valence-corrected chi connectivity index (χ1v) is 9.80. The van der Waals surface area contributed by atoms with Crippen molar-refractivity contribution in [3.05, 3.63) is 29.0 Å². The molecule has 1 aliphatic rings. The molecule has 0 aliphatic heterocycles. The van der Waals surface area contributed by atoms with Crippen molar-refractivity contribution < 1.29 is 19.4 Å². The Balaban J connectivity index is 2.44. The van der Waals surface area contributed by atoms with Crippen LogP contribution in [0.3, 0.4) is 0 Å². The van der Waals surface area contributed by atoms with Gasteiger partial charge in [-0.05, 0) is 89.4 Å². The van der Waals surface area contributed by atoms with Crippen LogP contribution in [0, 0.1) is 0 Å². The number of carbonyl (C=O) groups excluding carboxylic acids is 2. The van der Waals surface area contributed by atoms with E-state index in [-0.39, 0.29) is 21.7 Å². The van der Waals surface area contributed by atoms with Gasteiger partial charge >= 0.3 is 5.97 Å². The smallest absolute Gasteiger partial charge is 0.340 e. The third-order valence-corrected chi connectivity index (χ3v) is 8.27. The SMILES string of the molecule is O=C([O-])c1c(Br)c(Br)c(Br)c(Br)c1C(=O)OC1CCCCC1. The Bertz CT molecular complexity index is 624. The number of ether oxygens (including phenoxy) is 1. The van der Waals surface area contributed by atoms with Gasteiger partial charge in [0.05, 0.1) is 11.5 Å². The Morgan fingerprint density at radius 2 is 1.36 bits per heavy atom. The van der Waals surface area contributed by atoms with Crippen LogP contribution < -0.4 is 5.11 Å². The minimum Gasteiger partial charge on any atom is -0.545 e. The molecule has 1 aromatic rings. The zero-order valence-electron chi connectivity index (χ0n) is 11.3. The van der Waals surface area contributed by atoms with Crippen LogP contribution in [-0.2, 0) is 4.74 Å². The van der Waals surface area contributed by atoms with Gasteiger partial charge in [-0.25, -0.2) is 4.79 Å². The Labute approximate surface area is 161 Å². The predicted octanol–water partition coefficient (Wildman–Crippen LogP) is 4.59. The highest BCUT2D eigenvalue weighted by Gasteiger charge is 2.27. The Morgan fingerprint density at radius 3 is 1.86 bits per heavy atom. The number of halogens is 4. The standard InChI is InChI=1S/C14H12Br4O4/c15-9-7(13(19)20)8(10(16)12(18)11(9)17)14(21)22-6-4-2-1-3-5-6/h6H,1-5H2,(H,19,20)/p-1. The highest BCUT2D eigenvalue weighted by Crippen LogP contribution is 2.42. The van der Waals surface area contributed by atoms with Gasteiger partial charge in [0, 0.05) is 23.5 Å². The summed E-state index contributed by atoms with van der Waals surface area (Å²) in [4.78, 5) is 23.9. The third-order valence-electron chi connectivity index (χ3n) is 3.50. The monoisotopic (exact) mass is 559 g/mol. The van der Waals surface area contributed by atoms with E-state index in [2.05, 4.69) is 63.7 Å². The van der Waals surface area contributed by atoms with Crippen molar-refractivity contribution in [3.8, 4) is 0 Å². The van der Waals surface area contributed by atoms with Crippen LogP contribution in [-0.4, -0.2) is 18.0 Å². The molecule has 0 heterocycles. The molecular formula is C14H11Br4O4-. The molecule has 8 heteroatoms. The summed E-state index contributed by atoms with van der Waals surface area (Å²) in [5, 5.41) is 11.4. The number of benzene rings is 1. The summed E-state index contributed by atoms with van der Waals surface area (Å²) in [6, 6.07) is 0.